The van der Waals surface area contributed by atoms with Crippen molar-refractivity contribution in [2.24, 2.45) is 17.3 Å². The molecule has 0 aromatic heterocycles. The monoisotopic (exact) mass is 335 g/mol. The Morgan fingerprint density at radius 2 is 1.96 bits per heavy atom. The van der Waals surface area contributed by atoms with Crippen LogP contribution >= 0.6 is 0 Å². The molecule has 1 aliphatic carbocycles. The van der Waals surface area contributed by atoms with Crippen LogP contribution in [-0.2, 0) is 9.59 Å². The molecule has 0 spiro atoms. The highest BCUT2D eigenvalue weighted by molar-refractivity contribution is 5.81. The van der Waals surface area contributed by atoms with Crippen LogP contribution in [0.15, 0.2) is 24.3 Å². The van der Waals surface area contributed by atoms with Gasteiger partial charge < -0.3 is 10.1 Å². The van der Waals surface area contributed by atoms with Gasteiger partial charge in [-0.15, -0.1) is 0 Å². The maximum atomic E-state index is 12.8. The minimum Gasteiger partial charge on any atom is -0.489 e. The lowest BCUT2D eigenvalue weighted by atomic mass is 9.52. The number of halogens is 1. The fraction of sp³-hybridized carbons (Fsp3) is 0.579. The van der Waals surface area contributed by atoms with Gasteiger partial charge in [0.1, 0.15) is 23.5 Å². The average Bonchev–Trinajstić information content (AvgIpc) is 2.51. The summed E-state index contributed by atoms with van der Waals surface area (Å²) in [6, 6.07) is 5.80. The van der Waals surface area contributed by atoms with Crippen LogP contribution in [0.25, 0.3) is 0 Å². The lowest BCUT2D eigenvalue weighted by molar-refractivity contribution is -0.141. The molecule has 0 saturated heterocycles. The van der Waals surface area contributed by atoms with Crippen LogP contribution in [-0.4, -0.2) is 24.3 Å². The minimum absolute atomic E-state index is 0.0235. The minimum atomic E-state index is -0.310. The number of hydrogen-bond donors (Lipinski definition) is 1. The van der Waals surface area contributed by atoms with E-state index in [2.05, 4.69) is 19.2 Å². The van der Waals surface area contributed by atoms with Crippen LogP contribution in [0.3, 0.4) is 0 Å². The molecule has 0 bridgehead atoms. The van der Waals surface area contributed by atoms with E-state index < -0.39 is 0 Å². The van der Waals surface area contributed by atoms with Crippen molar-refractivity contribution in [3.05, 3.63) is 30.1 Å². The molecule has 1 fully saturated rings. The van der Waals surface area contributed by atoms with Gasteiger partial charge in [0.05, 0.1) is 6.54 Å². The summed E-state index contributed by atoms with van der Waals surface area (Å²) in [5.41, 5.74) is -0.112. The number of hydrogen-bond acceptors (Lipinski definition) is 3. The molecule has 24 heavy (non-hydrogen) atoms. The molecule has 2 rings (SSSR count). The van der Waals surface area contributed by atoms with E-state index in [4.69, 9.17) is 4.74 Å². The number of ketones is 1. The maximum absolute atomic E-state index is 12.8. The Morgan fingerprint density at radius 3 is 2.50 bits per heavy atom. The number of carbonyl (C=O) groups excluding carboxylic acids is 2. The maximum Gasteiger partial charge on any atom is 0.220 e. The lowest BCUT2D eigenvalue weighted by Crippen LogP contribution is -2.50. The van der Waals surface area contributed by atoms with Crippen molar-refractivity contribution in [1.29, 1.82) is 0 Å². The molecule has 3 atom stereocenters. The Labute approximate surface area is 142 Å². The number of amides is 1. The number of ether oxygens (including phenoxy) is 1. The van der Waals surface area contributed by atoms with Gasteiger partial charge in [-0.2, -0.15) is 0 Å². The van der Waals surface area contributed by atoms with Gasteiger partial charge in [-0.1, -0.05) is 13.8 Å². The van der Waals surface area contributed by atoms with Crippen LogP contribution in [0, 0.1) is 23.1 Å². The third-order valence-corrected chi connectivity index (χ3v) is 5.13. The van der Waals surface area contributed by atoms with Crippen molar-refractivity contribution in [2.45, 2.75) is 46.6 Å². The first kappa shape index (κ1) is 18.4. The average molecular weight is 335 g/mol. The Morgan fingerprint density at radius 1 is 1.33 bits per heavy atom. The number of carbonyl (C=O) groups is 2. The predicted octanol–water partition coefficient (Wildman–Crippen LogP) is 3.35. The summed E-state index contributed by atoms with van der Waals surface area (Å²) in [5.74, 6) is 0.747. The second kappa shape index (κ2) is 7.32. The van der Waals surface area contributed by atoms with E-state index in [9.17, 15) is 14.0 Å². The van der Waals surface area contributed by atoms with Crippen LogP contribution in [0.4, 0.5) is 4.39 Å². The lowest BCUT2D eigenvalue weighted by Gasteiger charge is -2.51. The first-order valence-corrected chi connectivity index (χ1v) is 8.39. The third-order valence-electron chi connectivity index (χ3n) is 5.13. The quantitative estimate of drug-likeness (QED) is 0.831. The molecule has 1 aliphatic rings. The van der Waals surface area contributed by atoms with Crippen molar-refractivity contribution in [1.82, 2.24) is 5.32 Å². The second-order valence-electron chi connectivity index (χ2n) is 7.31. The van der Waals surface area contributed by atoms with Gasteiger partial charge in [-0.3, -0.25) is 9.59 Å². The SMILES string of the molecule is CC(=O)[C@@H]1C[C@H](CC(=O)NCC(C)Oc2ccc(F)cc2)C1(C)C. The van der Waals surface area contributed by atoms with Gasteiger partial charge in [0, 0.05) is 12.3 Å². The van der Waals surface area contributed by atoms with Gasteiger partial charge in [-0.05, 0) is 55.9 Å². The Kier molecular flexibility index (Phi) is 5.62. The molecule has 1 amide bonds. The van der Waals surface area contributed by atoms with E-state index in [1.165, 1.54) is 12.1 Å². The molecule has 0 heterocycles. The molecule has 0 aliphatic heterocycles. The zero-order valence-electron chi connectivity index (χ0n) is 14.8. The molecule has 4 nitrogen and oxygen atoms in total. The molecule has 5 heteroatoms. The van der Waals surface area contributed by atoms with Crippen molar-refractivity contribution >= 4 is 11.7 Å². The van der Waals surface area contributed by atoms with Crippen molar-refractivity contribution in [3.63, 3.8) is 0 Å². The smallest absolute Gasteiger partial charge is 0.220 e. The molecule has 1 saturated carbocycles. The third kappa shape index (κ3) is 4.34. The van der Waals surface area contributed by atoms with E-state index in [0.717, 1.165) is 6.42 Å². The molecular weight excluding hydrogens is 309 g/mol. The summed E-state index contributed by atoms with van der Waals surface area (Å²) in [5, 5.41) is 2.87. The highest BCUT2D eigenvalue weighted by atomic mass is 19.1. The Hall–Kier alpha value is -1.91. The van der Waals surface area contributed by atoms with E-state index in [0.29, 0.717) is 18.7 Å². The molecular formula is C19H26FNO3. The number of nitrogens with one attached hydrogen (secondary N) is 1. The molecule has 1 unspecified atom stereocenters. The highest BCUT2D eigenvalue weighted by Gasteiger charge is 2.50. The highest BCUT2D eigenvalue weighted by Crippen LogP contribution is 2.53. The summed E-state index contributed by atoms with van der Waals surface area (Å²) in [4.78, 5) is 23.7. The van der Waals surface area contributed by atoms with Gasteiger partial charge in [-0.25, -0.2) is 4.39 Å². The zero-order chi connectivity index (χ0) is 17.9. The topological polar surface area (TPSA) is 55.4 Å². The van der Waals surface area contributed by atoms with Crippen LogP contribution in [0.1, 0.15) is 40.5 Å². The first-order valence-electron chi connectivity index (χ1n) is 8.39. The molecule has 1 aromatic rings. The van der Waals surface area contributed by atoms with E-state index in [-0.39, 0.29) is 40.9 Å². The number of rotatable bonds is 7. The molecule has 1 N–H and O–H groups in total. The first-order chi connectivity index (χ1) is 11.2. The Bertz CT molecular complexity index is 597. The zero-order valence-corrected chi connectivity index (χ0v) is 14.8. The summed E-state index contributed by atoms with van der Waals surface area (Å²) >= 11 is 0. The van der Waals surface area contributed by atoms with Gasteiger partial charge in [0.2, 0.25) is 5.91 Å². The normalized spacial score (nSPS) is 23.0. The van der Waals surface area contributed by atoms with Crippen LogP contribution < -0.4 is 10.1 Å². The van der Waals surface area contributed by atoms with Gasteiger partial charge >= 0.3 is 0 Å². The van der Waals surface area contributed by atoms with Crippen molar-refractivity contribution in [3.8, 4) is 5.75 Å². The fourth-order valence-electron chi connectivity index (χ4n) is 3.39. The summed E-state index contributed by atoms with van der Waals surface area (Å²) in [6.45, 7) is 7.97. The second-order valence-corrected chi connectivity index (χ2v) is 7.31. The predicted molar refractivity (Wildman–Crippen MR) is 90.2 cm³/mol. The van der Waals surface area contributed by atoms with E-state index in [1.54, 1.807) is 19.1 Å². The summed E-state index contributed by atoms with van der Waals surface area (Å²) in [7, 11) is 0. The Balaban J connectivity index is 1.73. The van der Waals surface area contributed by atoms with Crippen LogP contribution in [0.5, 0.6) is 5.75 Å². The van der Waals surface area contributed by atoms with Gasteiger partial charge in [0.25, 0.3) is 0 Å². The number of benzene rings is 1. The standard InChI is InChI=1S/C19H26FNO3/c1-12(24-16-7-5-15(20)6-8-16)11-21-18(23)10-14-9-17(13(2)22)19(14,3)4/h5-8,12,14,17H,9-11H2,1-4H3,(H,21,23)/t12?,14-,17+/m1/s1. The van der Waals surface area contributed by atoms with Crippen molar-refractivity contribution < 1.29 is 18.7 Å². The van der Waals surface area contributed by atoms with Crippen molar-refractivity contribution in [2.75, 3.05) is 6.54 Å². The van der Waals surface area contributed by atoms with Crippen LogP contribution in [0.2, 0.25) is 0 Å². The molecule has 132 valence electrons. The summed E-state index contributed by atoms with van der Waals surface area (Å²) < 4.78 is 18.5. The number of Topliss-reactive ketones (excluding diaryl/α,β-unsaturated/α-hetero) is 1. The van der Waals surface area contributed by atoms with E-state index >= 15 is 0 Å². The van der Waals surface area contributed by atoms with E-state index in [1.807, 2.05) is 6.92 Å². The molecule has 1 aromatic carbocycles. The molecule has 0 radical (unpaired) electrons. The fourth-order valence-corrected chi connectivity index (χ4v) is 3.39. The summed E-state index contributed by atoms with van der Waals surface area (Å²) in [6.07, 6.45) is 1.01. The largest absolute Gasteiger partial charge is 0.489 e. The van der Waals surface area contributed by atoms with Gasteiger partial charge in [0.15, 0.2) is 0 Å².